The van der Waals surface area contributed by atoms with E-state index in [1.54, 1.807) is 13.8 Å². The molecule has 0 aliphatic carbocycles. The van der Waals surface area contributed by atoms with Crippen LogP contribution >= 0.6 is 0 Å². The maximum absolute atomic E-state index is 13.8. The van der Waals surface area contributed by atoms with E-state index >= 15 is 0 Å². The van der Waals surface area contributed by atoms with Gasteiger partial charge in [-0.2, -0.15) is 0 Å². The molecule has 8 N–H and O–H groups in total. The number of hydrogen-bond donors (Lipinski definition) is 8. The summed E-state index contributed by atoms with van der Waals surface area (Å²) < 4.78 is 11.5. The number of carbonyl (C=O) groups excluding carboxylic acids is 3. The van der Waals surface area contributed by atoms with Crippen molar-refractivity contribution in [2.75, 3.05) is 26.2 Å². The summed E-state index contributed by atoms with van der Waals surface area (Å²) in [6, 6.07) is 10.7. The van der Waals surface area contributed by atoms with Crippen molar-refractivity contribution in [1.29, 1.82) is 0 Å². The Morgan fingerprint density at radius 2 is 1.14 bits per heavy atom. The zero-order valence-electron chi connectivity index (χ0n) is 27.8. The van der Waals surface area contributed by atoms with Crippen LogP contribution in [0, 0.1) is 0 Å². The van der Waals surface area contributed by atoms with Crippen molar-refractivity contribution >= 4 is 29.5 Å². The van der Waals surface area contributed by atoms with E-state index in [1.165, 1.54) is 59.5 Å². The van der Waals surface area contributed by atoms with Crippen LogP contribution in [0.2, 0.25) is 0 Å². The molecule has 0 bridgehead atoms. The average molecular weight is 706 g/mol. The molecule has 16 heteroatoms. The number of rotatable bonds is 13. The van der Waals surface area contributed by atoms with Gasteiger partial charge in [-0.1, -0.05) is 18.2 Å². The Kier molecular flexibility index (Phi) is 11.0. The fourth-order valence-corrected chi connectivity index (χ4v) is 5.59. The van der Waals surface area contributed by atoms with Crippen molar-refractivity contribution in [3.05, 3.63) is 71.3 Å². The standard InChI is InChI=1S/C35H39N5O11/c1-18-26(38-33(50-18)21-9-4-12-24(42)29(21)45)32(48)37-15-7-17-40(16-6-14-36-31(47)20-8-3-11-23(41)28(20)44)35(49)27-19(2)51-34(39-27)22-10-5-13-25(43)30(22)46/h3-5,8-13,18-19,26-27,41-46H,6-7,14-17H2,1-2H3,(H,36,47)(H,37,48)/t18-,19-,26+,27?/m1/s1. The molecule has 16 nitrogen and oxygen atoms in total. The van der Waals surface area contributed by atoms with Crippen LogP contribution in [0.15, 0.2) is 64.6 Å². The average Bonchev–Trinajstić information content (AvgIpc) is 3.69. The number of carbonyl (C=O) groups is 3. The van der Waals surface area contributed by atoms with Crippen molar-refractivity contribution in [2.45, 2.75) is 51.0 Å². The van der Waals surface area contributed by atoms with Crippen LogP contribution in [0.25, 0.3) is 0 Å². The highest BCUT2D eigenvalue weighted by atomic mass is 16.5. The summed E-state index contributed by atoms with van der Waals surface area (Å²) in [5, 5.41) is 65.4. The molecule has 2 aliphatic rings. The molecule has 3 amide bonds. The van der Waals surface area contributed by atoms with Crippen molar-refractivity contribution < 1.29 is 54.5 Å². The van der Waals surface area contributed by atoms with Crippen molar-refractivity contribution in [2.24, 2.45) is 9.98 Å². The Morgan fingerprint density at radius 1 is 0.667 bits per heavy atom. The SMILES string of the molecule is C[C@H]1OC(c2cccc(O)c2O)=NC1C(=O)N(CCCNC(=O)c1cccc(O)c1O)CCCNC(=O)[C@H]1N=C(c2cccc(O)c2O)O[C@@H]1C. The summed E-state index contributed by atoms with van der Waals surface area (Å²) in [6.45, 7) is 3.91. The van der Waals surface area contributed by atoms with Gasteiger partial charge >= 0.3 is 0 Å². The summed E-state index contributed by atoms with van der Waals surface area (Å²) in [5.74, 6) is -4.00. The van der Waals surface area contributed by atoms with E-state index in [-0.39, 0.29) is 66.2 Å². The van der Waals surface area contributed by atoms with Crippen molar-refractivity contribution in [3.8, 4) is 34.5 Å². The van der Waals surface area contributed by atoms with Gasteiger partial charge in [-0.15, -0.1) is 0 Å². The lowest BCUT2D eigenvalue weighted by molar-refractivity contribution is -0.134. The second-order valence-electron chi connectivity index (χ2n) is 12.0. The fourth-order valence-electron chi connectivity index (χ4n) is 5.59. The number of phenols is 6. The van der Waals surface area contributed by atoms with E-state index in [9.17, 15) is 45.0 Å². The number of aliphatic imine (C=N–C) groups is 2. The summed E-state index contributed by atoms with van der Waals surface area (Å²) in [6.07, 6.45) is -0.755. The monoisotopic (exact) mass is 705 g/mol. The molecule has 4 atom stereocenters. The van der Waals surface area contributed by atoms with E-state index in [4.69, 9.17) is 9.47 Å². The normalized spacial score (nSPS) is 19.3. The summed E-state index contributed by atoms with van der Waals surface area (Å²) in [4.78, 5) is 49.7. The summed E-state index contributed by atoms with van der Waals surface area (Å²) in [5.41, 5.74) is 0.167. The lowest BCUT2D eigenvalue weighted by Crippen LogP contribution is -2.44. The number of hydrogen-bond acceptors (Lipinski definition) is 13. The third kappa shape index (κ3) is 8.01. The topological polar surface area (TPSA) is 243 Å². The molecule has 51 heavy (non-hydrogen) atoms. The molecular formula is C35H39N5O11. The molecule has 0 aromatic heterocycles. The van der Waals surface area contributed by atoms with Gasteiger partial charge in [-0.3, -0.25) is 14.4 Å². The molecule has 3 aromatic rings. The number of benzene rings is 3. The number of ether oxygens (including phenoxy) is 2. The van der Waals surface area contributed by atoms with Crippen LogP contribution < -0.4 is 10.6 Å². The molecule has 1 unspecified atom stereocenters. The van der Waals surface area contributed by atoms with Gasteiger partial charge in [0.2, 0.25) is 17.7 Å². The smallest absolute Gasteiger partial charge is 0.255 e. The van der Waals surface area contributed by atoms with Crippen LogP contribution in [0.1, 0.15) is 48.2 Å². The molecule has 2 aliphatic heterocycles. The zero-order chi connectivity index (χ0) is 36.8. The minimum atomic E-state index is -0.992. The lowest BCUT2D eigenvalue weighted by Gasteiger charge is -2.26. The minimum Gasteiger partial charge on any atom is -0.504 e. The van der Waals surface area contributed by atoms with Crippen LogP contribution in [0.4, 0.5) is 0 Å². The van der Waals surface area contributed by atoms with Crippen LogP contribution in [0.5, 0.6) is 34.5 Å². The summed E-state index contributed by atoms with van der Waals surface area (Å²) >= 11 is 0. The van der Waals surface area contributed by atoms with Crippen LogP contribution in [-0.2, 0) is 19.1 Å². The third-order valence-corrected chi connectivity index (χ3v) is 8.37. The lowest BCUT2D eigenvalue weighted by atomic mass is 10.1. The minimum absolute atomic E-state index is 0.00786. The molecule has 2 heterocycles. The Hall–Kier alpha value is -6.19. The first-order valence-electron chi connectivity index (χ1n) is 16.2. The molecule has 3 aromatic carbocycles. The van der Waals surface area contributed by atoms with E-state index in [2.05, 4.69) is 20.6 Å². The molecule has 0 spiro atoms. The molecule has 0 fully saturated rings. The number of nitrogens with zero attached hydrogens (tertiary/aromatic N) is 3. The molecule has 0 saturated carbocycles. The number of phenolic OH excluding ortho intramolecular Hbond substituents is 6. The van der Waals surface area contributed by atoms with Gasteiger partial charge in [0, 0.05) is 26.2 Å². The van der Waals surface area contributed by atoms with Crippen molar-refractivity contribution in [3.63, 3.8) is 0 Å². The number of para-hydroxylation sites is 3. The molecule has 0 radical (unpaired) electrons. The Balaban J connectivity index is 1.22. The zero-order valence-corrected chi connectivity index (χ0v) is 27.8. The number of aromatic hydroxyl groups is 6. The van der Waals surface area contributed by atoms with Gasteiger partial charge in [-0.25, -0.2) is 9.98 Å². The Labute approximate surface area is 292 Å². The first kappa shape index (κ1) is 36.1. The highest BCUT2D eigenvalue weighted by molar-refractivity contribution is 6.02. The maximum atomic E-state index is 13.8. The molecule has 5 rings (SSSR count). The largest absolute Gasteiger partial charge is 0.504 e. The van der Waals surface area contributed by atoms with Gasteiger partial charge in [0.15, 0.2) is 46.6 Å². The van der Waals surface area contributed by atoms with E-state index < -0.39 is 65.0 Å². The number of amides is 3. The van der Waals surface area contributed by atoms with Gasteiger partial charge in [0.1, 0.15) is 12.2 Å². The van der Waals surface area contributed by atoms with Crippen molar-refractivity contribution in [1.82, 2.24) is 15.5 Å². The van der Waals surface area contributed by atoms with Gasteiger partial charge in [0.05, 0.1) is 16.7 Å². The maximum Gasteiger partial charge on any atom is 0.255 e. The Bertz CT molecular complexity index is 1860. The second-order valence-corrected chi connectivity index (χ2v) is 12.0. The van der Waals surface area contributed by atoms with E-state index in [1.807, 2.05) is 0 Å². The highest BCUT2D eigenvalue weighted by Crippen LogP contribution is 2.33. The fraction of sp³-hybridized carbons (Fsp3) is 0.343. The Morgan fingerprint density at radius 3 is 1.71 bits per heavy atom. The third-order valence-electron chi connectivity index (χ3n) is 8.37. The molecule has 270 valence electrons. The highest BCUT2D eigenvalue weighted by Gasteiger charge is 2.38. The quantitative estimate of drug-likeness (QED) is 0.0942. The van der Waals surface area contributed by atoms with Gasteiger partial charge in [-0.05, 0) is 63.1 Å². The predicted octanol–water partition coefficient (Wildman–Crippen LogP) is 1.84. The number of nitrogens with one attached hydrogen (secondary N) is 2. The second kappa shape index (κ2) is 15.6. The van der Waals surface area contributed by atoms with Gasteiger partial charge < -0.3 is 55.6 Å². The van der Waals surface area contributed by atoms with Gasteiger partial charge in [0.25, 0.3) is 11.8 Å². The molecular weight excluding hydrogens is 666 g/mol. The van der Waals surface area contributed by atoms with E-state index in [0.29, 0.717) is 12.8 Å². The van der Waals surface area contributed by atoms with Crippen LogP contribution in [0.3, 0.4) is 0 Å². The first-order valence-corrected chi connectivity index (χ1v) is 16.2. The van der Waals surface area contributed by atoms with Crippen LogP contribution in [-0.4, -0.2) is 116 Å². The van der Waals surface area contributed by atoms with E-state index in [0.717, 1.165) is 0 Å². The summed E-state index contributed by atoms with van der Waals surface area (Å²) in [7, 11) is 0. The molecule has 0 saturated heterocycles. The first-order chi connectivity index (χ1) is 24.4. The predicted molar refractivity (Wildman–Crippen MR) is 182 cm³/mol.